The molecule has 2 nitrogen and oxygen atoms in total. The largest absolute Gasteiger partial charge is 0.497 e. The lowest BCUT2D eigenvalue weighted by Gasteiger charge is -2.12. The normalized spacial score (nSPS) is 11.9. The molecule has 0 radical (unpaired) electrons. The fourth-order valence-corrected chi connectivity index (χ4v) is 2.04. The monoisotopic (exact) mass is 306 g/mol. The molecule has 0 saturated carbocycles. The number of halogens is 1. The molecule has 2 rings (SSSR count). The summed E-state index contributed by atoms with van der Waals surface area (Å²) in [4.78, 5) is 0.195. The molecule has 0 N–H and O–H groups in total. The van der Waals surface area contributed by atoms with Gasteiger partial charge in [0.2, 0.25) is 0 Å². The van der Waals surface area contributed by atoms with Crippen molar-refractivity contribution in [2.45, 2.75) is 4.83 Å². The van der Waals surface area contributed by atoms with E-state index in [0.717, 1.165) is 11.5 Å². The molecule has 0 aliphatic heterocycles. The predicted molar refractivity (Wildman–Crippen MR) is 76.6 cm³/mol. The van der Waals surface area contributed by atoms with Crippen LogP contribution in [0, 0.1) is 0 Å². The first-order valence-electron chi connectivity index (χ1n) is 5.75. The second-order valence-electron chi connectivity index (χ2n) is 3.86. The topological polar surface area (TPSA) is 18.5 Å². The van der Waals surface area contributed by atoms with Crippen LogP contribution in [0.5, 0.6) is 11.5 Å². The van der Waals surface area contributed by atoms with Gasteiger partial charge in [0, 0.05) is 0 Å². The zero-order chi connectivity index (χ0) is 12.8. The summed E-state index contributed by atoms with van der Waals surface area (Å²) < 4.78 is 10.8. The van der Waals surface area contributed by atoms with E-state index in [-0.39, 0.29) is 4.83 Å². The summed E-state index contributed by atoms with van der Waals surface area (Å²) >= 11 is 3.62. The van der Waals surface area contributed by atoms with Crippen LogP contribution in [0.2, 0.25) is 0 Å². The molecular weight excluding hydrogens is 292 g/mol. The van der Waals surface area contributed by atoms with Crippen molar-refractivity contribution in [1.29, 1.82) is 0 Å². The number of rotatable bonds is 5. The van der Waals surface area contributed by atoms with Gasteiger partial charge in [0.25, 0.3) is 0 Å². The minimum atomic E-state index is 0.195. The highest BCUT2D eigenvalue weighted by molar-refractivity contribution is 9.09. The average molecular weight is 307 g/mol. The Bertz CT molecular complexity index is 468. The third-order valence-corrected chi connectivity index (χ3v) is 3.41. The second kappa shape index (κ2) is 6.45. The van der Waals surface area contributed by atoms with Crippen LogP contribution >= 0.6 is 15.9 Å². The number of ether oxygens (including phenoxy) is 2. The van der Waals surface area contributed by atoms with Crippen LogP contribution in [0.4, 0.5) is 0 Å². The second-order valence-corrected chi connectivity index (χ2v) is 4.97. The van der Waals surface area contributed by atoms with Crippen molar-refractivity contribution in [2.24, 2.45) is 0 Å². The van der Waals surface area contributed by atoms with Crippen molar-refractivity contribution in [1.82, 2.24) is 0 Å². The minimum absolute atomic E-state index is 0.195. The Morgan fingerprint density at radius 3 is 2.17 bits per heavy atom. The average Bonchev–Trinajstić information content (AvgIpc) is 2.46. The van der Waals surface area contributed by atoms with Gasteiger partial charge >= 0.3 is 0 Å². The number of hydrogen-bond acceptors (Lipinski definition) is 2. The van der Waals surface area contributed by atoms with Crippen LogP contribution in [-0.4, -0.2) is 13.7 Å². The minimum Gasteiger partial charge on any atom is -0.497 e. The molecule has 3 heteroatoms. The smallest absolute Gasteiger partial charge is 0.119 e. The summed E-state index contributed by atoms with van der Waals surface area (Å²) in [6.07, 6.45) is 0. The van der Waals surface area contributed by atoms with Gasteiger partial charge in [0.15, 0.2) is 0 Å². The van der Waals surface area contributed by atoms with Crippen LogP contribution in [0.3, 0.4) is 0 Å². The first-order valence-corrected chi connectivity index (χ1v) is 6.67. The summed E-state index contributed by atoms with van der Waals surface area (Å²) in [7, 11) is 1.65. The first-order chi connectivity index (χ1) is 8.79. The first kappa shape index (κ1) is 13.0. The highest BCUT2D eigenvalue weighted by Crippen LogP contribution is 2.24. The van der Waals surface area contributed by atoms with Crippen molar-refractivity contribution in [3.05, 3.63) is 60.2 Å². The SMILES string of the molecule is COc1ccc(OCC(Br)c2ccccc2)cc1. The molecule has 0 spiro atoms. The molecule has 18 heavy (non-hydrogen) atoms. The molecule has 0 bridgehead atoms. The Morgan fingerprint density at radius 1 is 0.944 bits per heavy atom. The Labute approximate surface area is 116 Å². The molecule has 0 amide bonds. The lowest BCUT2D eigenvalue weighted by atomic mass is 10.2. The molecule has 94 valence electrons. The summed E-state index contributed by atoms with van der Waals surface area (Å²) in [6, 6.07) is 17.8. The van der Waals surface area contributed by atoms with Crippen molar-refractivity contribution in [3.8, 4) is 11.5 Å². The molecule has 0 saturated heterocycles. The summed E-state index contributed by atoms with van der Waals surface area (Å²) in [5, 5.41) is 0. The fraction of sp³-hybridized carbons (Fsp3) is 0.200. The van der Waals surface area contributed by atoms with Crippen LogP contribution in [0.1, 0.15) is 10.4 Å². The van der Waals surface area contributed by atoms with E-state index < -0.39 is 0 Å². The number of benzene rings is 2. The number of methoxy groups -OCH3 is 1. The Hall–Kier alpha value is -1.48. The van der Waals surface area contributed by atoms with E-state index in [2.05, 4.69) is 28.1 Å². The molecule has 0 fully saturated rings. The van der Waals surface area contributed by atoms with Gasteiger partial charge in [-0.25, -0.2) is 0 Å². The number of hydrogen-bond donors (Lipinski definition) is 0. The van der Waals surface area contributed by atoms with E-state index in [0.29, 0.717) is 6.61 Å². The molecule has 2 aromatic carbocycles. The highest BCUT2D eigenvalue weighted by Gasteiger charge is 2.07. The molecular formula is C15H15BrO2. The third kappa shape index (κ3) is 3.50. The van der Waals surface area contributed by atoms with E-state index in [1.165, 1.54) is 5.56 Å². The molecule has 0 heterocycles. The molecule has 2 aromatic rings. The van der Waals surface area contributed by atoms with Gasteiger partial charge in [-0.05, 0) is 29.8 Å². The molecule has 0 aromatic heterocycles. The van der Waals surface area contributed by atoms with Gasteiger partial charge in [-0.15, -0.1) is 0 Å². The van der Waals surface area contributed by atoms with Gasteiger partial charge < -0.3 is 9.47 Å². The Kier molecular flexibility index (Phi) is 4.65. The van der Waals surface area contributed by atoms with Crippen LogP contribution in [0.15, 0.2) is 54.6 Å². The van der Waals surface area contributed by atoms with Gasteiger partial charge in [0.1, 0.15) is 18.1 Å². The van der Waals surface area contributed by atoms with Crippen LogP contribution in [0.25, 0.3) is 0 Å². The quantitative estimate of drug-likeness (QED) is 0.770. The summed E-state index contributed by atoms with van der Waals surface area (Å²) in [6.45, 7) is 0.594. The maximum absolute atomic E-state index is 5.72. The van der Waals surface area contributed by atoms with Gasteiger partial charge in [-0.1, -0.05) is 46.3 Å². The van der Waals surface area contributed by atoms with E-state index >= 15 is 0 Å². The maximum atomic E-state index is 5.72. The van der Waals surface area contributed by atoms with Crippen molar-refractivity contribution >= 4 is 15.9 Å². The Morgan fingerprint density at radius 2 is 1.56 bits per heavy atom. The van der Waals surface area contributed by atoms with Crippen LogP contribution in [-0.2, 0) is 0 Å². The zero-order valence-electron chi connectivity index (χ0n) is 10.2. The van der Waals surface area contributed by atoms with E-state index in [4.69, 9.17) is 9.47 Å². The molecule has 1 unspecified atom stereocenters. The molecule has 0 aliphatic rings. The lowest BCUT2D eigenvalue weighted by molar-refractivity contribution is 0.319. The van der Waals surface area contributed by atoms with E-state index in [1.807, 2.05) is 42.5 Å². The fourth-order valence-electron chi connectivity index (χ4n) is 1.60. The summed E-state index contributed by atoms with van der Waals surface area (Å²) in [5.41, 5.74) is 1.21. The third-order valence-electron chi connectivity index (χ3n) is 2.62. The molecule has 0 aliphatic carbocycles. The van der Waals surface area contributed by atoms with Crippen LogP contribution < -0.4 is 9.47 Å². The standard InChI is InChI=1S/C15H15BrO2/c1-17-13-7-9-14(10-8-13)18-11-15(16)12-5-3-2-4-6-12/h2-10,15H,11H2,1H3. The van der Waals surface area contributed by atoms with E-state index in [1.54, 1.807) is 7.11 Å². The van der Waals surface area contributed by atoms with E-state index in [9.17, 15) is 0 Å². The highest BCUT2D eigenvalue weighted by atomic mass is 79.9. The predicted octanol–water partition coefficient (Wildman–Crippen LogP) is 4.21. The van der Waals surface area contributed by atoms with Crippen molar-refractivity contribution in [3.63, 3.8) is 0 Å². The maximum Gasteiger partial charge on any atom is 0.119 e. The lowest BCUT2D eigenvalue weighted by Crippen LogP contribution is -2.04. The molecule has 1 atom stereocenters. The van der Waals surface area contributed by atoms with Gasteiger partial charge in [0.05, 0.1) is 11.9 Å². The number of alkyl halides is 1. The zero-order valence-corrected chi connectivity index (χ0v) is 11.8. The van der Waals surface area contributed by atoms with Crippen molar-refractivity contribution in [2.75, 3.05) is 13.7 Å². The Balaban J connectivity index is 1.91. The summed E-state index contributed by atoms with van der Waals surface area (Å²) in [5.74, 6) is 1.68. The van der Waals surface area contributed by atoms with Crippen molar-refractivity contribution < 1.29 is 9.47 Å². The van der Waals surface area contributed by atoms with Gasteiger partial charge in [-0.2, -0.15) is 0 Å². The van der Waals surface area contributed by atoms with Gasteiger partial charge in [-0.3, -0.25) is 0 Å².